The van der Waals surface area contributed by atoms with E-state index < -0.39 is 11.2 Å². The second-order valence-corrected chi connectivity index (χ2v) is 7.08. The van der Waals surface area contributed by atoms with Gasteiger partial charge in [-0.05, 0) is 31.4 Å². The van der Waals surface area contributed by atoms with Crippen molar-refractivity contribution in [1.29, 1.82) is 0 Å². The molecule has 4 nitrogen and oxygen atoms in total. The van der Waals surface area contributed by atoms with E-state index in [9.17, 15) is 5.11 Å². The molecule has 2 heterocycles. The Morgan fingerprint density at radius 1 is 1.39 bits per heavy atom. The number of ether oxygens (including phenoxy) is 1. The number of nitrogens with one attached hydrogen (secondary N) is 2. The number of aliphatic hydroxyl groups is 1. The van der Waals surface area contributed by atoms with Gasteiger partial charge in [-0.15, -0.1) is 0 Å². The zero-order valence-corrected chi connectivity index (χ0v) is 14.6. The molecule has 2 aromatic rings. The molecule has 0 spiro atoms. The van der Waals surface area contributed by atoms with Crippen LogP contribution < -0.4 is 5.32 Å². The van der Waals surface area contributed by atoms with Gasteiger partial charge in [0.1, 0.15) is 11.2 Å². The molecule has 2 unspecified atom stereocenters. The van der Waals surface area contributed by atoms with Crippen LogP contribution in [0.5, 0.6) is 0 Å². The Balaban J connectivity index is 2.09. The van der Waals surface area contributed by atoms with Gasteiger partial charge in [0.2, 0.25) is 0 Å². The lowest BCUT2D eigenvalue weighted by atomic mass is 9.76. The van der Waals surface area contributed by atoms with Crippen LogP contribution in [0.3, 0.4) is 0 Å². The number of hydrogen-bond donors (Lipinski definition) is 3. The van der Waals surface area contributed by atoms with Crippen LogP contribution in [0, 0.1) is 0 Å². The summed E-state index contributed by atoms with van der Waals surface area (Å²) < 4.78 is 6.19. The third kappa shape index (κ3) is 2.59. The first-order chi connectivity index (χ1) is 10.9. The molecule has 23 heavy (non-hydrogen) atoms. The predicted molar refractivity (Wildman–Crippen MR) is 93.7 cm³/mol. The number of rotatable bonds is 5. The minimum absolute atomic E-state index is 0.322. The zero-order valence-electron chi connectivity index (χ0n) is 14.6. The molecule has 1 aromatic heterocycles. The average Bonchev–Trinajstić information content (AvgIpc) is 2.93. The van der Waals surface area contributed by atoms with E-state index in [4.69, 9.17) is 4.74 Å². The maximum absolute atomic E-state index is 11.4. The molecule has 0 saturated heterocycles. The SMILES string of the molecule is CCC(O)(CNC(C)C)C1(C)OCCc2c1[nH]c1ccccc21. The summed E-state index contributed by atoms with van der Waals surface area (Å²) in [7, 11) is 0. The van der Waals surface area contributed by atoms with Crippen LogP contribution in [0.4, 0.5) is 0 Å². The number of benzene rings is 1. The summed E-state index contributed by atoms with van der Waals surface area (Å²) in [6.45, 7) is 9.37. The largest absolute Gasteiger partial charge is 0.385 e. The Hall–Kier alpha value is -1.36. The van der Waals surface area contributed by atoms with E-state index in [0.717, 1.165) is 17.6 Å². The van der Waals surface area contributed by atoms with Crippen molar-refractivity contribution in [2.75, 3.05) is 13.2 Å². The molecule has 0 radical (unpaired) electrons. The third-order valence-electron chi connectivity index (χ3n) is 5.31. The summed E-state index contributed by atoms with van der Waals surface area (Å²) in [5, 5.41) is 16.0. The van der Waals surface area contributed by atoms with Crippen molar-refractivity contribution in [1.82, 2.24) is 10.3 Å². The van der Waals surface area contributed by atoms with Crippen molar-refractivity contribution in [3.8, 4) is 0 Å². The summed E-state index contributed by atoms with van der Waals surface area (Å²) in [5.41, 5.74) is 1.72. The molecule has 1 aliphatic rings. The summed E-state index contributed by atoms with van der Waals surface area (Å²) in [5.74, 6) is 0. The zero-order chi connectivity index (χ0) is 16.7. The summed E-state index contributed by atoms with van der Waals surface area (Å²) >= 11 is 0. The Morgan fingerprint density at radius 2 is 2.13 bits per heavy atom. The third-order valence-corrected chi connectivity index (χ3v) is 5.31. The van der Waals surface area contributed by atoms with Crippen LogP contribution in [0.25, 0.3) is 10.9 Å². The van der Waals surface area contributed by atoms with Crippen molar-refractivity contribution in [3.05, 3.63) is 35.5 Å². The number of aromatic nitrogens is 1. The van der Waals surface area contributed by atoms with Crippen molar-refractivity contribution >= 4 is 10.9 Å². The molecule has 2 atom stereocenters. The molecule has 0 fully saturated rings. The summed E-state index contributed by atoms with van der Waals surface area (Å²) in [4.78, 5) is 3.52. The molecular weight excluding hydrogens is 288 g/mol. The van der Waals surface area contributed by atoms with Crippen LogP contribution in [0.15, 0.2) is 24.3 Å². The minimum Gasteiger partial charge on any atom is -0.385 e. The highest BCUT2D eigenvalue weighted by Gasteiger charge is 2.51. The van der Waals surface area contributed by atoms with Crippen LogP contribution in [0.1, 0.15) is 45.4 Å². The highest BCUT2D eigenvalue weighted by molar-refractivity contribution is 5.85. The molecule has 0 bridgehead atoms. The first-order valence-electron chi connectivity index (χ1n) is 8.61. The van der Waals surface area contributed by atoms with Crippen molar-refractivity contribution in [3.63, 3.8) is 0 Å². The number of para-hydroxylation sites is 1. The molecule has 0 amide bonds. The second kappa shape index (κ2) is 5.93. The van der Waals surface area contributed by atoms with Crippen LogP contribution in [0.2, 0.25) is 0 Å². The van der Waals surface area contributed by atoms with Gasteiger partial charge in [-0.25, -0.2) is 0 Å². The highest BCUT2D eigenvalue weighted by Crippen LogP contribution is 2.44. The van der Waals surface area contributed by atoms with Gasteiger partial charge in [0.05, 0.1) is 12.3 Å². The molecule has 3 N–H and O–H groups in total. The highest BCUT2D eigenvalue weighted by atomic mass is 16.5. The maximum Gasteiger partial charge on any atom is 0.135 e. The maximum atomic E-state index is 11.4. The first kappa shape index (κ1) is 16.5. The molecule has 0 saturated carbocycles. The van der Waals surface area contributed by atoms with Crippen molar-refractivity contribution in [2.24, 2.45) is 0 Å². The van der Waals surface area contributed by atoms with Gasteiger partial charge in [0, 0.05) is 23.5 Å². The number of aromatic amines is 1. The Bertz CT molecular complexity index is 694. The van der Waals surface area contributed by atoms with Crippen molar-refractivity contribution < 1.29 is 9.84 Å². The van der Waals surface area contributed by atoms with E-state index in [1.165, 1.54) is 10.9 Å². The lowest BCUT2D eigenvalue weighted by Crippen LogP contribution is -2.59. The Kier molecular flexibility index (Phi) is 4.25. The predicted octanol–water partition coefficient (Wildman–Crippen LogP) is 3.09. The standard InChI is InChI=1S/C19H28N2O2/c1-5-19(22,12-20-13(2)3)18(4)17-15(10-11-23-18)14-8-6-7-9-16(14)21-17/h6-9,13,20-22H,5,10-12H2,1-4H3. The van der Waals surface area contributed by atoms with E-state index in [0.29, 0.717) is 25.6 Å². The average molecular weight is 316 g/mol. The van der Waals surface area contributed by atoms with Gasteiger partial charge in [0.25, 0.3) is 0 Å². The summed E-state index contributed by atoms with van der Waals surface area (Å²) in [6.07, 6.45) is 1.50. The van der Waals surface area contributed by atoms with Gasteiger partial charge < -0.3 is 20.1 Å². The molecule has 1 aromatic carbocycles. The van der Waals surface area contributed by atoms with Crippen LogP contribution in [-0.2, 0) is 16.8 Å². The van der Waals surface area contributed by atoms with E-state index in [-0.39, 0.29) is 0 Å². The first-order valence-corrected chi connectivity index (χ1v) is 8.61. The van der Waals surface area contributed by atoms with Gasteiger partial charge >= 0.3 is 0 Å². The van der Waals surface area contributed by atoms with Crippen LogP contribution in [-0.4, -0.2) is 34.9 Å². The summed E-state index contributed by atoms with van der Waals surface area (Å²) in [6, 6.07) is 8.66. The normalized spacial score (nSPS) is 23.9. The van der Waals surface area contributed by atoms with E-state index in [2.05, 4.69) is 42.3 Å². The molecule has 3 rings (SSSR count). The number of fused-ring (bicyclic) bond motifs is 3. The number of hydrogen-bond acceptors (Lipinski definition) is 3. The lowest BCUT2D eigenvalue weighted by Gasteiger charge is -2.46. The van der Waals surface area contributed by atoms with E-state index >= 15 is 0 Å². The smallest absolute Gasteiger partial charge is 0.135 e. The fourth-order valence-corrected chi connectivity index (χ4v) is 3.67. The van der Waals surface area contributed by atoms with Gasteiger partial charge in [-0.2, -0.15) is 0 Å². The Labute approximate surface area is 138 Å². The fourth-order valence-electron chi connectivity index (χ4n) is 3.67. The quantitative estimate of drug-likeness (QED) is 0.794. The monoisotopic (exact) mass is 316 g/mol. The van der Waals surface area contributed by atoms with Gasteiger partial charge in [0.15, 0.2) is 0 Å². The van der Waals surface area contributed by atoms with Crippen molar-refractivity contribution in [2.45, 2.75) is 57.8 Å². The van der Waals surface area contributed by atoms with Gasteiger partial charge in [-0.3, -0.25) is 0 Å². The van der Waals surface area contributed by atoms with E-state index in [1.807, 2.05) is 19.9 Å². The second-order valence-electron chi connectivity index (χ2n) is 7.08. The van der Waals surface area contributed by atoms with Crippen LogP contribution >= 0.6 is 0 Å². The molecule has 1 aliphatic heterocycles. The molecular formula is C19H28N2O2. The Morgan fingerprint density at radius 3 is 2.83 bits per heavy atom. The molecule has 4 heteroatoms. The fraction of sp³-hybridized carbons (Fsp3) is 0.579. The van der Waals surface area contributed by atoms with E-state index in [1.54, 1.807) is 0 Å². The minimum atomic E-state index is -0.965. The topological polar surface area (TPSA) is 57.3 Å². The molecule has 126 valence electrons. The lowest BCUT2D eigenvalue weighted by molar-refractivity contribution is -0.189. The molecule has 0 aliphatic carbocycles. The number of H-pyrrole nitrogens is 1. The van der Waals surface area contributed by atoms with Gasteiger partial charge in [-0.1, -0.05) is 39.0 Å².